The number of hydrogen-bond acceptors (Lipinski definition) is 5. The van der Waals surface area contributed by atoms with Crippen LogP contribution in [0.15, 0.2) is 36.5 Å². The Morgan fingerprint density at radius 3 is 1.04 bits per heavy atom. The van der Waals surface area contributed by atoms with Crippen molar-refractivity contribution >= 4 is 11.9 Å². The van der Waals surface area contributed by atoms with Crippen molar-refractivity contribution in [2.75, 3.05) is 13.2 Å². The third-order valence-electron chi connectivity index (χ3n) is 15.4. The van der Waals surface area contributed by atoms with Crippen LogP contribution in [0.4, 0.5) is 0 Å². The lowest BCUT2D eigenvalue weighted by Gasteiger charge is -2.20. The van der Waals surface area contributed by atoms with Crippen LogP contribution in [0.25, 0.3) is 0 Å². The van der Waals surface area contributed by atoms with Crippen LogP contribution in [0.3, 0.4) is 0 Å². The van der Waals surface area contributed by atoms with Crippen LogP contribution in [0, 0.1) is 0 Å². The molecular weight excluding hydrogens is 911 g/mol. The van der Waals surface area contributed by atoms with Gasteiger partial charge in [0.15, 0.2) is 0 Å². The van der Waals surface area contributed by atoms with Gasteiger partial charge in [-0.3, -0.25) is 9.59 Å². The summed E-state index contributed by atoms with van der Waals surface area (Å²) in [6.07, 6.45) is 80.5. The zero-order chi connectivity index (χ0) is 53.6. The Morgan fingerprint density at radius 1 is 0.378 bits per heavy atom. The van der Waals surface area contributed by atoms with Gasteiger partial charge in [-0.05, 0) is 64.2 Å². The molecule has 0 rings (SSSR count). The van der Waals surface area contributed by atoms with Gasteiger partial charge >= 0.3 is 5.97 Å². The SMILES string of the molecule is CCCCCC/C=C\C/C=C\CCCCCCCCCC(=O)OCCCCCCCCCCCCCCCCCCCCCCCCCC(=O)NC(CO)C(O)/C=C/CCCCCCCCCCCCCCCC. The zero-order valence-corrected chi connectivity index (χ0v) is 49.8. The van der Waals surface area contributed by atoms with Gasteiger partial charge in [0.2, 0.25) is 5.91 Å². The van der Waals surface area contributed by atoms with E-state index in [1.54, 1.807) is 6.08 Å². The molecule has 0 aliphatic heterocycles. The van der Waals surface area contributed by atoms with Crippen molar-refractivity contribution in [1.29, 1.82) is 0 Å². The minimum atomic E-state index is -0.844. The normalized spacial score (nSPS) is 12.8. The molecule has 2 atom stereocenters. The summed E-state index contributed by atoms with van der Waals surface area (Å²) in [5.74, 6) is -0.0587. The van der Waals surface area contributed by atoms with Crippen molar-refractivity contribution < 1.29 is 24.5 Å². The third-order valence-corrected chi connectivity index (χ3v) is 15.4. The van der Waals surface area contributed by atoms with Crippen molar-refractivity contribution in [3.63, 3.8) is 0 Å². The molecule has 0 saturated heterocycles. The van der Waals surface area contributed by atoms with Gasteiger partial charge in [-0.25, -0.2) is 0 Å². The van der Waals surface area contributed by atoms with Gasteiger partial charge < -0.3 is 20.3 Å². The highest BCUT2D eigenvalue weighted by Gasteiger charge is 2.18. The summed E-state index contributed by atoms with van der Waals surface area (Å²) in [7, 11) is 0. The maximum Gasteiger partial charge on any atom is 0.305 e. The van der Waals surface area contributed by atoms with Gasteiger partial charge in [0, 0.05) is 12.8 Å². The molecule has 6 heteroatoms. The lowest BCUT2D eigenvalue weighted by atomic mass is 10.0. The largest absolute Gasteiger partial charge is 0.466 e. The van der Waals surface area contributed by atoms with Gasteiger partial charge in [0.05, 0.1) is 25.4 Å². The van der Waals surface area contributed by atoms with Gasteiger partial charge in [-0.15, -0.1) is 0 Å². The zero-order valence-electron chi connectivity index (χ0n) is 49.8. The van der Waals surface area contributed by atoms with Crippen LogP contribution in [0.2, 0.25) is 0 Å². The van der Waals surface area contributed by atoms with Crippen LogP contribution in [0.5, 0.6) is 0 Å². The highest BCUT2D eigenvalue weighted by Crippen LogP contribution is 2.18. The van der Waals surface area contributed by atoms with Crippen molar-refractivity contribution in [1.82, 2.24) is 5.32 Å². The number of aliphatic hydroxyl groups excluding tert-OH is 2. The first-order chi connectivity index (χ1) is 36.5. The number of carbonyl (C=O) groups is 2. The maximum atomic E-state index is 12.5. The van der Waals surface area contributed by atoms with E-state index in [9.17, 15) is 19.8 Å². The molecule has 0 aromatic rings. The topological polar surface area (TPSA) is 95.9 Å². The average molecular weight is 1040 g/mol. The first kappa shape index (κ1) is 72.1. The average Bonchev–Trinajstić information content (AvgIpc) is 3.40. The summed E-state index contributed by atoms with van der Waals surface area (Å²) in [6.45, 7) is 4.91. The van der Waals surface area contributed by atoms with Gasteiger partial charge in [-0.1, -0.05) is 320 Å². The number of carbonyl (C=O) groups excluding carboxylic acids is 2. The smallest absolute Gasteiger partial charge is 0.305 e. The molecule has 0 heterocycles. The Kier molecular flexibility index (Phi) is 62.0. The predicted octanol–water partition coefficient (Wildman–Crippen LogP) is 21.1. The number of hydrogen-bond donors (Lipinski definition) is 3. The Hall–Kier alpha value is -1.92. The number of rotatable bonds is 62. The van der Waals surface area contributed by atoms with Crippen molar-refractivity contribution in [3.8, 4) is 0 Å². The number of esters is 1. The molecule has 0 saturated carbocycles. The molecule has 0 fully saturated rings. The lowest BCUT2D eigenvalue weighted by molar-refractivity contribution is -0.143. The molecule has 0 bridgehead atoms. The van der Waals surface area contributed by atoms with Gasteiger partial charge in [0.25, 0.3) is 0 Å². The van der Waals surface area contributed by atoms with E-state index in [0.29, 0.717) is 19.4 Å². The quantitative estimate of drug-likeness (QED) is 0.0320. The molecule has 436 valence electrons. The standard InChI is InChI=1S/C68H129NO5/c1-3-5-7-9-11-13-15-17-19-21-30-34-38-42-46-50-54-58-62-68(73)74-63-59-55-51-47-43-39-35-31-28-26-24-22-23-25-27-29-33-37-41-45-49-53-57-61-67(72)69-65(64-70)66(71)60-56-52-48-44-40-36-32-20-18-16-14-12-10-8-6-4-2/h13,15,19,21,56,60,65-66,70-71H,3-12,14,16-18,20,22-55,57-59,61-64H2,1-2H3,(H,69,72)/b15-13-,21-19-,60-56+. The summed E-state index contributed by atoms with van der Waals surface area (Å²) in [6, 6.07) is -0.628. The molecule has 0 aromatic heterocycles. The molecule has 6 nitrogen and oxygen atoms in total. The molecule has 0 radical (unpaired) electrons. The van der Waals surface area contributed by atoms with Crippen molar-refractivity contribution in [2.45, 2.75) is 373 Å². The first-order valence-electron chi connectivity index (χ1n) is 33.3. The minimum absolute atomic E-state index is 0.00685. The number of amides is 1. The van der Waals surface area contributed by atoms with E-state index in [4.69, 9.17) is 4.74 Å². The second kappa shape index (κ2) is 63.6. The summed E-state index contributed by atoms with van der Waals surface area (Å²) in [5.41, 5.74) is 0. The van der Waals surface area contributed by atoms with E-state index in [0.717, 1.165) is 51.4 Å². The number of aliphatic hydroxyl groups is 2. The summed E-state index contributed by atoms with van der Waals surface area (Å²) < 4.78 is 5.50. The van der Waals surface area contributed by atoms with E-state index in [1.165, 1.54) is 283 Å². The van der Waals surface area contributed by atoms with Crippen molar-refractivity contribution in [2.24, 2.45) is 0 Å². The van der Waals surface area contributed by atoms with Gasteiger partial charge in [0.1, 0.15) is 0 Å². The molecule has 0 aliphatic rings. The molecule has 3 N–H and O–H groups in total. The minimum Gasteiger partial charge on any atom is -0.466 e. The number of ether oxygens (including phenoxy) is 1. The fourth-order valence-electron chi connectivity index (χ4n) is 10.3. The van der Waals surface area contributed by atoms with Crippen molar-refractivity contribution in [3.05, 3.63) is 36.5 Å². The van der Waals surface area contributed by atoms with Crippen LogP contribution >= 0.6 is 0 Å². The summed E-state index contributed by atoms with van der Waals surface area (Å²) in [4.78, 5) is 24.6. The number of unbranched alkanes of at least 4 members (excludes halogenated alkanes) is 47. The van der Waals surface area contributed by atoms with Crippen LogP contribution in [0.1, 0.15) is 361 Å². The van der Waals surface area contributed by atoms with E-state index in [2.05, 4.69) is 43.5 Å². The third kappa shape index (κ3) is 59.3. The Morgan fingerprint density at radius 2 is 0.676 bits per heavy atom. The van der Waals surface area contributed by atoms with Crippen LogP contribution in [-0.2, 0) is 14.3 Å². The molecule has 2 unspecified atom stereocenters. The monoisotopic (exact) mass is 1040 g/mol. The first-order valence-corrected chi connectivity index (χ1v) is 33.3. The lowest BCUT2D eigenvalue weighted by Crippen LogP contribution is -2.45. The molecular formula is C68H129NO5. The van der Waals surface area contributed by atoms with E-state index < -0.39 is 12.1 Å². The highest BCUT2D eigenvalue weighted by atomic mass is 16.5. The summed E-state index contributed by atoms with van der Waals surface area (Å²) >= 11 is 0. The Labute approximate surface area is 462 Å². The second-order valence-corrected chi connectivity index (χ2v) is 22.8. The van der Waals surface area contributed by atoms with Gasteiger partial charge in [-0.2, -0.15) is 0 Å². The fraction of sp³-hybridized carbons (Fsp3) is 0.882. The van der Waals surface area contributed by atoms with Crippen LogP contribution < -0.4 is 5.32 Å². The molecule has 0 spiro atoms. The van der Waals surface area contributed by atoms with E-state index in [-0.39, 0.29) is 18.5 Å². The molecule has 0 aromatic carbocycles. The Balaban J connectivity index is 3.39. The Bertz CT molecular complexity index is 1200. The van der Waals surface area contributed by atoms with E-state index in [1.807, 2.05) is 6.08 Å². The predicted molar refractivity (Wildman–Crippen MR) is 324 cm³/mol. The molecule has 1 amide bonds. The second-order valence-electron chi connectivity index (χ2n) is 22.8. The maximum absolute atomic E-state index is 12.5. The number of nitrogens with one attached hydrogen (secondary N) is 1. The fourth-order valence-corrected chi connectivity index (χ4v) is 10.3. The highest BCUT2D eigenvalue weighted by molar-refractivity contribution is 5.76. The summed E-state index contributed by atoms with van der Waals surface area (Å²) in [5, 5.41) is 23.2. The van der Waals surface area contributed by atoms with E-state index >= 15 is 0 Å². The molecule has 0 aliphatic carbocycles. The number of allylic oxidation sites excluding steroid dienone is 5. The van der Waals surface area contributed by atoms with Crippen LogP contribution in [-0.4, -0.2) is 47.4 Å². The molecule has 74 heavy (non-hydrogen) atoms.